The molecule has 1 unspecified atom stereocenters. The molecule has 0 aliphatic carbocycles. The van der Waals surface area contributed by atoms with Crippen molar-refractivity contribution >= 4 is 0 Å². The Morgan fingerprint density at radius 3 is 2.05 bits per heavy atom. The molecule has 0 amide bonds. The van der Waals surface area contributed by atoms with Gasteiger partial charge in [-0.1, -0.05) is 42.5 Å². The SMILES string of the molecule is COc1ccc(C(c2ccccc2)N2CCCC2)cc1. The van der Waals surface area contributed by atoms with E-state index in [9.17, 15) is 0 Å². The first-order chi connectivity index (χ1) is 9.88. The lowest BCUT2D eigenvalue weighted by atomic mass is 9.97. The molecule has 20 heavy (non-hydrogen) atoms. The second kappa shape index (κ2) is 6.10. The Morgan fingerprint density at radius 2 is 1.45 bits per heavy atom. The molecule has 104 valence electrons. The fraction of sp³-hybridized carbons (Fsp3) is 0.333. The van der Waals surface area contributed by atoms with Crippen LogP contribution >= 0.6 is 0 Å². The molecule has 1 aliphatic heterocycles. The van der Waals surface area contributed by atoms with Crippen LogP contribution in [0, 0.1) is 0 Å². The first-order valence-electron chi connectivity index (χ1n) is 7.31. The molecule has 0 spiro atoms. The molecule has 1 saturated heterocycles. The van der Waals surface area contributed by atoms with Gasteiger partial charge in [-0.15, -0.1) is 0 Å². The number of methoxy groups -OCH3 is 1. The predicted octanol–water partition coefficient (Wildman–Crippen LogP) is 3.88. The Balaban J connectivity index is 1.95. The van der Waals surface area contributed by atoms with E-state index in [0.717, 1.165) is 5.75 Å². The molecular formula is C18H21NO. The molecule has 0 bridgehead atoms. The zero-order valence-corrected chi connectivity index (χ0v) is 12.0. The number of hydrogen-bond acceptors (Lipinski definition) is 2. The largest absolute Gasteiger partial charge is 0.497 e. The molecule has 0 aromatic heterocycles. The molecule has 2 aromatic rings. The third-order valence-corrected chi connectivity index (χ3v) is 4.05. The fourth-order valence-electron chi connectivity index (χ4n) is 3.04. The number of rotatable bonds is 4. The first-order valence-corrected chi connectivity index (χ1v) is 7.31. The highest BCUT2D eigenvalue weighted by Gasteiger charge is 2.24. The maximum Gasteiger partial charge on any atom is 0.118 e. The van der Waals surface area contributed by atoms with Crippen molar-refractivity contribution in [2.24, 2.45) is 0 Å². The van der Waals surface area contributed by atoms with E-state index in [0.29, 0.717) is 6.04 Å². The van der Waals surface area contributed by atoms with E-state index in [1.165, 1.54) is 37.1 Å². The summed E-state index contributed by atoms with van der Waals surface area (Å²) in [6, 6.07) is 19.7. The maximum absolute atomic E-state index is 5.27. The van der Waals surface area contributed by atoms with E-state index in [1.807, 2.05) is 0 Å². The zero-order chi connectivity index (χ0) is 13.8. The van der Waals surface area contributed by atoms with Crippen molar-refractivity contribution in [3.63, 3.8) is 0 Å². The van der Waals surface area contributed by atoms with Crippen LogP contribution in [-0.2, 0) is 0 Å². The van der Waals surface area contributed by atoms with Gasteiger partial charge in [0.1, 0.15) is 5.75 Å². The predicted molar refractivity (Wildman–Crippen MR) is 82.1 cm³/mol. The quantitative estimate of drug-likeness (QED) is 0.833. The summed E-state index contributed by atoms with van der Waals surface area (Å²) in [6.07, 6.45) is 2.61. The minimum Gasteiger partial charge on any atom is -0.497 e. The van der Waals surface area contributed by atoms with Crippen molar-refractivity contribution < 1.29 is 4.74 Å². The third kappa shape index (κ3) is 2.70. The van der Waals surface area contributed by atoms with Crippen LogP contribution in [0.25, 0.3) is 0 Å². The Hall–Kier alpha value is -1.80. The molecule has 2 heteroatoms. The summed E-state index contributed by atoms with van der Waals surface area (Å²) >= 11 is 0. The smallest absolute Gasteiger partial charge is 0.118 e. The number of nitrogens with zero attached hydrogens (tertiary/aromatic N) is 1. The topological polar surface area (TPSA) is 12.5 Å². The maximum atomic E-state index is 5.27. The number of ether oxygens (including phenoxy) is 1. The second-order valence-corrected chi connectivity index (χ2v) is 5.33. The van der Waals surface area contributed by atoms with Crippen LogP contribution in [0.2, 0.25) is 0 Å². The van der Waals surface area contributed by atoms with Crippen LogP contribution in [0.4, 0.5) is 0 Å². The Bertz CT molecular complexity index is 529. The summed E-state index contributed by atoms with van der Waals surface area (Å²) in [4.78, 5) is 2.58. The average molecular weight is 267 g/mol. The fourth-order valence-corrected chi connectivity index (χ4v) is 3.04. The molecule has 0 saturated carbocycles. The molecular weight excluding hydrogens is 246 g/mol. The van der Waals surface area contributed by atoms with E-state index in [4.69, 9.17) is 4.74 Å². The molecule has 2 nitrogen and oxygen atoms in total. The van der Waals surface area contributed by atoms with Crippen LogP contribution in [0.5, 0.6) is 5.75 Å². The molecule has 1 heterocycles. The van der Waals surface area contributed by atoms with Gasteiger partial charge < -0.3 is 4.74 Å². The lowest BCUT2D eigenvalue weighted by molar-refractivity contribution is 0.281. The Morgan fingerprint density at radius 1 is 0.850 bits per heavy atom. The van der Waals surface area contributed by atoms with Gasteiger partial charge in [-0.25, -0.2) is 0 Å². The lowest BCUT2D eigenvalue weighted by Gasteiger charge is -2.28. The zero-order valence-electron chi connectivity index (χ0n) is 12.0. The van der Waals surface area contributed by atoms with Gasteiger partial charge in [0.05, 0.1) is 13.2 Å². The minimum atomic E-state index is 0.365. The van der Waals surface area contributed by atoms with Crippen molar-refractivity contribution in [1.29, 1.82) is 0 Å². The number of hydrogen-bond donors (Lipinski definition) is 0. The average Bonchev–Trinajstić information content (AvgIpc) is 3.03. The van der Waals surface area contributed by atoms with E-state index >= 15 is 0 Å². The van der Waals surface area contributed by atoms with Gasteiger partial charge in [-0.2, -0.15) is 0 Å². The summed E-state index contributed by atoms with van der Waals surface area (Å²) < 4.78 is 5.27. The van der Waals surface area contributed by atoms with Gasteiger partial charge in [-0.05, 0) is 49.2 Å². The molecule has 3 rings (SSSR count). The van der Waals surface area contributed by atoms with Crippen molar-refractivity contribution in [1.82, 2.24) is 4.90 Å². The summed E-state index contributed by atoms with van der Waals surface area (Å²) in [5.41, 5.74) is 2.72. The van der Waals surface area contributed by atoms with Crippen LogP contribution in [0.3, 0.4) is 0 Å². The molecule has 0 N–H and O–H groups in total. The van der Waals surface area contributed by atoms with E-state index < -0.39 is 0 Å². The first kappa shape index (κ1) is 13.2. The van der Waals surface area contributed by atoms with Gasteiger partial charge in [0, 0.05) is 0 Å². The Labute approximate surface area is 121 Å². The monoisotopic (exact) mass is 267 g/mol. The molecule has 1 fully saturated rings. The molecule has 1 atom stereocenters. The highest BCUT2D eigenvalue weighted by Crippen LogP contribution is 2.32. The molecule has 1 aliphatic rings. The minimum absolute atomic E-state index is 0.365. The van der Waals surface area contributed by atoms with Crippen molar-refractivity contribution in [3.8, 4) is 5.75 Å². The normalized spacial score (nSPS) is 17.1. The number of likely N-dealkylation sites (tertiary alicyclic amines) is 1. The van der Waals surface area contributed by atoms with E-state index in [1.54, 1.807) is 7.11 Å². The van der Waals surface area contributed by atoms with Gasteiger partial charge in [-0.3, -0.25) is 4.90 Å². The van der Waals surface area contributed by atoms with Crippen molar-refractivity contribution in [2.45, 2.75) is 18.9 Å². The van der Waals surface area contributed by atoms with Gasteiger partial charge in [0.25, 0.3) is 0 Å². The summed E-state index contributed by atoms with van der Waals surface area (Å²) in [6.45, 7) is 2.37. The Kier molecular flexibility index (Phi) is 4.03. The van der Waals surface area contributed by atoms with E-state index in [-0.39, 0.29) is 0 Å². The van der Waals surface area contributed by atoms with Gasteiger partial charge >= 0.3 is 0 Å². The van der Waals surface area contributed by atoms with E-state index in [2.05, 4.69) is 59.5 Å². The van der Waals surface area contributed by atoms with Crippen molar-refractivity contribution in [3.05, 3.63) is 65.7 Å². The standard InChI is InChI=1S/C18H21NO/c1-20-17-11-9-16(10-12-17)18(19-13-5-6-14-19)15-7-3-2-4-8-15/h2-4,7-12,18H,5-6,13-14H2,1H3. The summed E-state index contributed by atoms with van der Waals surface area (Å²) in [7, 11) is 1.71. The van der Waals surface area contributed by atoms with Crippen LogP contribution in [-0.4, -0.2) is 25.1 Å². The molecule has 2 aromatic carbocycles. The second-order valence-electron chi connectivity index (χ2n) is 5.33. The third-order valence-electron chi connectivity index (χ3n) is 4.05. The van der Waals surface area contributed by atoms with Crippen LogP contribution < -0.4 is 4.74 Å². The summed E-state index contributed by atoms with van der Waals surface area (Å²) in [5.74, 6) is 0.919. The van der Waals surface area contributed by atoms with Crippen LogP contribution in [0.15, 0.2) is 54.6 Å². The molecule has 0 radical (unpaired) electrons. The van der Waals surface area contributed by atoms with Crippen LogP contribution in [0.1, 0.15) is 30.0 Å². The van der Waals surface area contributed by atoms with Gasteiger partial charge in [0.15, 0.2) is 0 Å². The van der Waals surface area contributed by atoms with Gasteiger partial charge in [0.2, 0.25) is 0 Å². The highest BCUT2D eigenvalue weighted by atomic mass is 16.5. The number of benzene rings is 2. The summed E-state index contributed by atoms with van der Waals surface area (Å²) in [5, 5.41) is 0. The highest BCUT2D eigenvalue weighted by molar-refractivity contribution is 5.35. The lowest BCUT2D eigenvalue weighted by Crippen LogP contribution is -2.26. The van der Waals surface area contributed by atoms with Crippen molar-refractivity contribution in [2.75, 3.05) is 20.2 Å².